The Hall–Kier alpha value is -3.16. The summed E-state index contributed by atoms with van der Waals surface area (Å²) in [4.78, 5) is 11.1. The number of unbranched alkanes of at least 4 members (excludes halogenated alkanes) is 1. The minimum Gasteiger partial charge on any atom is -0.497 e. The molecular weight excluding hydrogens is 406 g/mol. The zero-order valence-electron chi connectivity index (χ0n) is 19.6. The quantitative estimate of drug-likeness (QED) is 0.333. The summed E-state index contributed by atoms with van der Waals surface area (Å²) in [6, 6.07) is 10.2. The van der Waals surface area contributed by atoms with Crippen LogP contribution in [0.25, 0.3) is 0 Å². The van der Waals surface area contributed by atoms with Crippen molar-refractivity contribution in [2.75, 3.05) is 45.9 Å². The van der Waals surface area contributed by atoms with E-state index in [-0.39, 0.29) is 6.04 Å². The lowest BCUT2D eigenvalue weighted by Crippen LogP contribution is -2.44. The average molecular weight is 442 g/mol. The number of anilines is 1. The molecule has 1 aliphatic heterocycles. The molecule has 1 aromatic carbocycles. The van der Waals surface area contributed by atoms with Crippen LogP contribution in [0, 0.1) is 0 Å². The van der Waals surface area contributed by atoms with Crippen LogP contribution in [0.5, 0.6) is 17.4 Å². The molecule has 1 aromatic heterocycles. The van der Waals surface area contributed by atoms with E-state index in [1.54, 1.807) is 27.5 Å². The SMILES string of the molecule is CCCCOc1ncccc1CNC(=NC)NC1CCN(c2cc(OC)cc(OC)c2)C1. The smallest absolute Gasteiger partial charge is 0.218 e. The van der Waals surface area contributed by atoms with Crippen molar-refractivity contribution in [3.8, 4) is 17.4 Å². The number of rotatable bonds is 10. The van der Waals surface area contributed by atoms with Crippen molar-refractivity contribution in [3.05, 3.63) is 42.1 Å². The predicted octanol–water partition coefficient (Wildman–Crippen LogP) is 3.22. The number of ether oxygens (including phenoxy) is 3. The highest BCUT2D eigenvalue weighted by Gasteiger charge is 2.24. The maximum Gasteiger partial charge on any atom is 0.218 e. The Balaban J connectivity index is 1.55. The standard InChI is InChI=1S/C24H35N5O3/c1-5-6-12-32-23-18(8-7-10-26-23)16-27-24(25-2)28-19-9-11-29(17-19)20-13-21(30-3)15-22(14-20)31-4/h7-8,10,13-15,19H,5-6,9,11-12,16-17H2,1-4H3,(H2,25,27,28). The summed E-state index contributed by atoms with van der Waals surface area (Å²) in [5.74, 6) is 3.04. The Labute approximate surface area is 191 Å². The molecule has 0 aliphatic carbocycles. The maximum atomic E-state index is 5.84. The van der Waals surface area contributed by atoms with Crippen LogP contribution < -0.4 is 29.7 Å². The highest BCUT2D eigenvalue weighted by atomic mass is 16.5. The molecule has 1 saturated heterocycles. The van der Waals surface area contributed by atoms with Gasteiger partial charge >= 0.3 is 0 Å². The van der Waals surface area contributed by atoms with E-state index >= 15 is 0 Å². The number of nitrogens with zero attached hydrogens (tertiary/aromatic N) is 3. The fourth-order valence-electron chi connectivity index (χ4n) is 3.66. The summed E-state index contributed by atoms with van der Waals surface area (Å²) < 4.78 is 16.7. The molecule has 2 heterocycles. The first kappa shape index (κ1) is 23.5. The zero-order valence-corrected chi connectivity index (χ0v) is 19.6. The van der Waals surface area contributed by atoms with Crippen LogP contribution in [0.15, 0.2) is 41.5 Å². The van der Waals surface area contributed by atoms with E-state index < -0.39 is 0 Å². The molecule has 0 radical (unpaired) electrons. The number of aliphatic imine (C=N–C) groups is 1. The summed E-state index contributed by atoms with van der Waals surface area (Å²) in [5.41, 5.74) is 2.11. The topological polar surface area (TPSA) is 80.2 Å². The fourth-order valence-corrected chi connectivity index (χ4v) is 3.66. The van der Waals surface area contributed by atoms with E-state index in [0.717, 1.165) is 61.1 Å². The van der Waals surface area contributed by atoms with Crippen LogP contribution >= 0.6 is 0 Å². The Morgan fingerprint density at radius 2 is 2.00 bits per heavy atom. The number of benzene rings is 1. The monoisotopic (exact) mass is 441 g/mol. The molecule has 32 heavy (non-hydrogen) atoms. The second kappa shape index (κ2) is 12.0. The Morgan fingerprint density at radius 1 is 1.22 bits per heavy atom. The molecule has 0 bridgehead atoms. The highest BCUT2D eigenvalue weighted by Crippen LogP contribution is 2.30. The molecule has 3 rings (SSSR count). The van der Waals surface area contributed by atoms with Gasteiger partial charge in [-0.25, -0.2) is 4.98 Å². The highest BCUT2D eigenvalue weighted by molar-refractivity contribution is 5.80. The fraction of sp³-hybridized carbons (Fsp3) is 0.500. The number of hydrogen-bond acceptors (Lipinski definition) is 6. The molecule has 1 aliphatic rings. The molecule has 1 atom stereocenters. The van der Waals surface area contributed by atoms with Gasteiger partial charge in [0.1, 0.15) is 11.5 Å². The minimum atomic E-state index is 0.285. The first-order chi connectivity index (χ1) is 15.7. The van der Waals surface area contributed by atoms with Crippen molar-refractivity contribution in [3.63, 3.8) is 0 Å². The number of aromatic nitrogens is 1. The second-order valence-corrected chi connectivity index (χ2v) is 7.74. The van der Waals surface area contributed by atoms with Gasteiger partial charge in [-0.05, 0) is 18.9 Å². The lowest BCUT2D eigenvalue weighted by atomic mass is 10.2. The van der Waals surface area contributed by atoms with Gasteiger partial charge < -0.3 is 29.7 Å². The van der Waals surface area contributed by atoms with Gasteiger partial charge in [0, 0.05) is 68.4 Å². The molecular formula is C24H35N5O3. The number of hydrogen-bond donors (Lipinski definition) is 2. The lowest BCUT2D eigenvalue weighted by Gasteiger charge is -2.21. The first-order valence-corrected chi connectivity index (χ1v) is 11.2. The molecule has 8 nitrogen and oxygen atoms in total. The van der Waals surface area contributed by atoms with Gasteiger partial charge in [0.2, 0.25) is 5.88 Å². The molecule has 1 unspecified atom stereocenters. The number of methoxy groups -OCH3 is 2. The van der Waals surface area contributed by atoms with Crippen molar-refractivity contribution in [2.45, 2.75) is 38.8 Å². The average Bonchev–Trinajstić information content (AvgIpc) is 3.30. The second-order valence-electron chi connectivity index (χ2n) is 7.74. The molecule has 2 aromatic rings. The van der Waals surface area contributed by atoms with Crippen molar-refractivity contribution in [1.29, 1.82) is 0 Å². The van der Waals surface area contributed by atoms with E-state index in [1.165, 1.54) is 0 Å². The molecule has 0 amide bonds. The van der Waals surface area contributed by atoms with E-state index in [4.69, 9.17) is 14.2 Å². The summed E-state index contributed by atoms with van der Waals surface area (Å²) in [6.07, 6.45) is 4.89. The predicted molar refractivity (Wildman–Crippen MR) is 128 cm³/mol. The number of guanidine groups is 1. The third-order valence-corrected chi connectivity index (χ3v) is 5.49. The van der Waals surface area contributed by atoms with E-state index in [2.05, 4.69) is 32.4 Å². The zero-order chi connectivity index (χ0) is 22.8. The van der Waals surface area contributed by atoms with Gasteiger partial charge in [-0.3, -0.25) is 4.99 Å². The van der Waals surface area contributed by atoms with E-state index in [1.807, 2.05) is 30.3 Å². The van der Waals surface area contributed by atoms with Crippen molar-refractivity contribution < 1.29 is 14.2 Å². The Kier molecular flexibility index (Phi) is 8.83. The minimum absolute atomic E-state index is 0.285. The van der Waals surface area contributed by atoms with Crippen LogP contribution in [0.4, 0.5) is 5.69 Å². The lowest BCUT2D eigenvalue weighted by molar-refractivity contribution is 0.294. The molecule has 1 fully saturated rings. The van der Waals surface area contributed by atoms with Crippen LogP contribution in [0.3, 0.4) is 0 Å². The van der Waals surface area contributed by atoms with Crippen LogP contribution in [-0.2, 0) is 6.54 Å². The van der Waals surface area contributed by atoms with Crippen molar-refractivity contribution in [2.24, 2.45) is 4.99 Å². The summed E-state index contributed by atoms with van der Waals surface area (Å²) in [7, 11) is 5.13. The third kappa shape index (κ3) is 6.42. The van der Waals surface area contributed by atoms with E-state index in [9.17, 15) is 0 Å². The van der Waals surface area contributed by atoms with Gasteiger partial charge in [0.05, 0.1) is 20.8 Å². The third-order valence-electron chi connectivity index (χ3n) is 5.49. The van der Waals surface area contributed by atoms with Crippen LogP contribution in [-0.4, -0.2) is 57.9 Å². The van der Waals surface area contributed by atoms with Crippen molar-refractivity contribution in [1.82, 2.24) is 15.6 Å². The molecule has 0 spiro atoms. The Bertz CT molecular complexity index is 867. The molecule has 2 N–H and O–H groups in total. The van der Waals surface area contributed by atoms with Gasteiger partial charge in [0.25, 0.3) is 0 Å². The maximum absolute atomic E-state index is 5.84. The van der Waals surface area contributed by atoms with Crippen LogP contribution in [0.2, 0.25) is 0 Å². The van der Waals surface area contributed by atoms with Gasteiger partial charge in [-0.2, -0.15) is 0 Å². The summed E-state index contributed by atoms with van der Waals surface area (Å²) >= 11 is 0. The Morgan fingerprint density at radius 3 is 2.69 bits per heavy atom. The summed E-state index contributed by atoms with van der Waals surface area (Å²) in [6.45, 7) is 5.24. The van der Waals surface area contributed by atoms with Gasteiger partial charge in [-0.15, -0.1) is 0 Å². The largest absolute Gasteiger partial charge is 0.497 e. The molecule has 174 valence electrons. The van der Waals surface area contributed by atoms with Gasteiger partial charge in [-0.1, -0.05) is 19.4 Å². The van der Waals surface area contributed by atoms with Crippen LogP contribution in [0.1, 0.15) is 31.7 Å². The van der Waals surface area contributed by atoms with Crippen molar-refractivity contribution >= 4 is 11.6 Å². The van der Waals surface area contributed by atoms with Gasteiger partial charge in [0.15, 0.2) is 5.96 Å². The number of nitrogens with one attached hydrogen (secondary N) is 2. The number of pyridine rings is 1. The van der Waals surface area contributed by atoms with E-state index in [0.29, 0.717) is 19.0 Å². The normalized spacial score (nSPS) is 16.1. The molecule has 8 heteroatoms. The summed E-state index contributed by atoms with van der Waals surface area (Å²) in [5, 5.41) is 6.93. The first-order valence-electron chi connectivity index (χ1n) is 11.2. The molecule has 0 saturated carbocycles.